The molecule has 2 heterocycles. The summed E-state index contributed by atoms with van der Waals surface area (Å²) in [6, 6.07) is 15.3. The van der Waals surface area contributed by atoms with Crippen molar-refractivity contribution in [3.63, 3.8) is 0 Å². The van der Waals surface area contributed by atoms with E-state index in [9.17, 15) is 9.18 Å². The lowest BCUT2D eigenvalue weighted by Gasteiger charge is -2.10. The van der Waals surface area contributed by atoms with Gasteiger partial charge in [0.05, 0.1) is 29.4 Å². The number of nitrogens with one attached hydrogen (secondary N) is 2. The lowest BCUT2D eigenvalue weighted by molar-refractivity contribution is 0.0955. The Morgan fingerprint density at radius 3 is 2.48 bits per heavy atom. The molecule has 4 aromatic rings. The summed E-state index contributed by atoms with van der Waals surface area (Å²) in [4.78, 5) is 17.8. The Balaban J connectivity index is 1.85. The molecule has 0 aliphatic heterocycles. The summed E-state index contributed by atoms with van der Waals surface area (Å²) >= 11 is 0. The summed E-state index contributed by atoms with van der Waals surface area (Å²) in [7, 11) is 1.61. The fraction of sp³-hybridized carbons (Fsp3) is 0.208. The zero-order chi connectivity index (χ0) is 21.8. The number of fused-ring (bicyclic) bond motifs is 1. The number of carbonyl (C=O) groups excluding carboxylic acids is 1. The van der Waals surface area contributed by atoms with Crippen molar-refractivity contribution in [1.29, 1.82) is 0 Å². The van der Waals surface area contributed by atoms with Gasteiger partial charge in [0.2, 0.25) is 0 Å². The quantitative estimate of drug-likeness (QED) is 0.415. The van der Waals surface area contributed by atoms with Crippen LogP contribution in [0, 0.1) is 5.82 Å². The average molecular weight is 418 g/mol. The van der Waals surface area contributed by atoms with Gasteiger partial charge in [0.25, 0.3) is 5.91 Å². The third-order valence-electron chi connectivity index (χ3n) is 5.10. The summed E-state index contributed by atoms with van der Waals surface area (Å²) in [5.41, 5.74) is 3.73. The molecular formula is C24H23FN4O2. The van der Waals surface area contributed by atoms with E-state index in [2.05, 4.69) is 27.4 Å². The molecule has 0 saturated carbocycles. The molecule has 0 fully saturated rings. The van der Waals surface area contributed by atoms with E-state index < -0.39 is 0 Å². The number of ether oxygens (including phenoxy) is 1. The molecule has 4 rings (SSSR count). The predicted octanol–water partition coefficient (Wildman–Crippen LogP) is 4.97. The zero-order valence-electron chi connectivity index (χ0n) is 17.4. The van der Waals surface area contributed by atoms with Gasteiger partial charge in [0.15, 0.2) is 5.65 Å². The molecule has 0 atom stereocenters. The Morgan fingerprint density at radius 2 is 1.81 bits per heavy atom. The number of rotatable bonds is 7. The summed E-state index contributed by atoms with van der Waals surface area (Å²) < 4.78 is 18.6. The van der Waals surface area contributed by atoms with Gasteiger partial charge < -0.3 is 10.1 Å². The number of H-pyrrole nitrogens is 1. The molecule has 0 radical (unpaired) electrons. The highest BCUT2D eigenvalue weighted by Gasteiger charge is 2.20. The van der Waals surface area contributed by atoms with Crippen molar-refractivity contribution in [1.82, 2.24) is 20.5 Å². The third kappa shape index (κ3) is 4.26. The van der Waals surface area contributed by atoms with Crippen molar-refractivity contribution in [2.24, 2.45) is 0 Å². The van der Waals surface area contributed by atoms with Gasteiger partial charge in [-0.1, -0.05) is 13.3 Å². The number of halogens is 1. The van der Waals surface area contributed by atoms with E-state index in [-0.39, 0.29) is 11.7 Å². The van der Waals surface area contributed by atoms with Crippen LogP contribution in [0.15, 0.2) is 54.6 Å². The second-order valence-corrected chi connectivity index (χ2v) is 7.20. The number of unbranched alkanes of at least 4 members (excludes halogenated alkanes) is 1. The molecule has 158 valence electrons. The lowest BCUT2D eigenvalue weighted by Crippen LogP contribution is -2.24. The summed E-state index contributed by atoms with van der Waals surface area (Å²) in [5.74, 6) is 0.214. The van der Waals surface area contributed by atoms with Crippen molar-refractivity contribution >= 4 is 16.9 Å². The minimum absolute atomic E-state index is 0.194. The lowest BCUT2D eigenvalue weighted by atomic mass is 10.0. The van der Waals surface area contributed by atoms with Crippen molar-refractivity contribution in [3.8, 4) is 28.3 Å². The number of hydrogen-bond donors (Lipinski definition) is 2. The number of aromatic nitrogens is 3. The highest BCUT2D eigenvalue weighted by molar-refractivity contribution is 6.10. The van der Waals surface area contributed by atoms with Crippen LogP contribution >= 0.6 is 0 Å². The smallest absolute Gasteiger partial charge is 0.252 e. The van der Waals surface area contributed by atoms with Crippen LogP contribution in [0.1, 0.15) is 30.1 Å². The van der Waals surface area contributed by atoms with Gasteiger partial charge >= 0.3 is 0 Å². The first-order valence-electron chi connectivity index (χ1n) is 10.2. The molecule has 2 aromatic carbocycles. The Kier molecular flexibility index (Phi) is 5.93. The SMILES string of the molecule is CCCCNC(=O)c1cc(-c2ccc(OC)cc2)nc2n[nH]c(-c3ccc(F)cc3)c12. The maximum atomic E-state index is 13.4. The first-order valence-corrected chi connectivity index (χ1v) is 10.2. The standard InChI is InChI=1S/C24H23FN4O2/c1-3-4-13-26-24(30)19-14-20(15-7-11-18(31-2)12-8-15)27-23-21(19)22(28-29-23)16-5-9-17(25)10-6-16/h5-12,14H,3-4,13H2,1-2H3,(H,26,30)(H,27,28,29). The normalized spacial score (nSPS) is 10.9. The van der Waals surface area contributed by atoms with Crippen LogP contribution in [0.25, 0.3) is 33.5 Å². The van der Waals surface area contributed by atoms with Gasteiger partial charge in [-0.15, -0.1) is 0 Å². The Hall–Kier alpha value is -3.74. The van der Waals surface area contributed by atoms with E-state index in [4.69, 9.17) is 4.74 Å². The molecule has 2 aromatic heterocycles. The molecule has 0 aliphatic carbocycles. The van der Waals surface area contributed by atoms with Gasteiger partial charge in [0.1, 0.15) is 11.6 Å². The average Bonchev–Trinajstić information content (AvgIpc) is 3.23. The third-order valence-corrected chi connectivity index (χ3v) is 5.10. The zero-order valence-corrected chi connectivity index (χ0v) is 17.4. The second kappa shape index (κ2) is 8.95. The number of methoxy groups -OCH3 is 1. The van der Waals surface area contributed by atoms with E-state index in [1.807, 2.05) is 24.3 Å². The van der Waals surface area contributed by atoms with Gasteiger partial charge in [-0.3, -0.25) is 9.89 Å². The van der Waals surface area contributed by atoms with Crippen molar-refractivity contribution < 1.29 is 13.9 Å². The highest BCUT2D eigenvalue weighted by atomic mass is 19.1. The van der Waals surface area contributed by atoms with E-state index in [1.165, 1.54) is 12.1 Å². The number of benzene rings is 2. The molecule has 0 bridgehead atoms. The molecule has 6 nitrogen and oxygen atoms in total. The second-order valence-electron chi connectivity index (χ2n) is 7.20. The number of amides is 1. The minimum atomic E-state index is -0.329. The summed E-state index contributed by atoms with van der Waals surface area (Å²) in [6.45, 7) is 2.65. The molecule has 7 heteroatoms. The van der Waals surface area contributed by atoms with Crippen molar-refractivity contribution in [3.05, 3.63) is 66.0 Å². The van der Waals surface area contributed by atoms with Crippen LogP contribution in [0.3, 0.4) is 0 Å². The van der Waals surface area contributed by atoms with Gasteiger partial charge in [-0.25, -0.2) is 9.37 Å². The maximum Gasteiger partial charge on any atom is 0.252 e. The number of hydrogen-bond acceptors (Lipinski definition) is 4. The predicted molar refractivity (Wildman–Crippen MR) is 119 cm³/mol. The molecule has 1 amide bonds. The molecule has 0 saturated heterocycles. The minimum Gasteiger partial charge on any atom is -0.497 e. The van der Waals surface area contributed by atoms with E-state index in [0.29, 0.717) is 34.5 Å². The fourth-order valence-electron chi connectivity index (χ4n) is 3.41. The van der Waals surface area contributed by atoms with Gasteiger partial charge in [-0.2, -0.15) is 5.10 Å². The first-order chi connectivity index (χ1) is 15.1. The van der Waals surface area contributed by atoms with Gasteiger partial charge in [-0.05, 0) is 61.0 Å². The van der Waals surface area contributed by atoms with Crippen LogP contribution in [-0.4, -0.2) is 34.7 Å². The van der Waals surface area contributed by atoms with Crippen LogP contribution in [0.2, 0.25) is 0 Å². The van der Waals surface area contributed by atoms with E-state index >= 15 is 0 Å². The number of carbonyl (C=O) groups is 1. The van der Waals surface area contributed by atoms with Crippen LogP contribution in [0.5, 0.6) is 5.75 Å². The van der Waals surface area contributed by atoms with E-state index in [0.717, 1.165) is 29.7 Å². The number of aromatic amines is 1. The fourth-order valence-corrected chi connectivity index (χ4v) is 3.41. The summed E-state index contributed by atoms with van der Waals surface area (Å²) in [6.07, 6.45) is 1.87. The number of nitrogens with zero attached hydrogens (tertiary/aromatic N) is 2. The molecule has 31 heavy (non-hydrogen) atoms. The Labute approximate surface area is 179 Å². The van der Waals surface area contributed by atoms with E-state index in [1.54, 1.807) is 25.3 Å². The monoisotopic (exact) mass is 418 g/mol. The van der Waals surface area contributed by atoms with Crippen molar-refractivity contribution in [2.45, 2.75) is 19.8 Å². The molecule has 0 unspecified atom stereocenters. The molecule has 0 spiro atoms. The van der Waals surface area contributed by atoms with Crippen LogP contribution in [-0.2, 0) is 0 Å². The highest BCUT2D eigenvalue weighted by Crippen LogP contribution is 2.32. The summed E-state index contributed by atoms with van der Waals surface area (Å²) in [5, 5.41) is 10.9. The van der Waals surface area contributed by atoms with Crippen LogP contribution in [0.4, 0.5) is 4.39 Å². The number of pyridine rings is 1. The largest absolute Gasteiger partial charge is 0.497 e. The Morgan fingerprint density at radius 1 is 1.10 bits per heavy atom. The molecular weight excluding hydrogens is 395 g/mol. The first kappa shape index (κ1) is 20.5. The van der Waals surface area contributed by atoms with Crippen molar-refractivity contribution in [2.75, 3.05) is 13.7 Å². The maximum absolute atomic E-state index is 13.4. The van der Waals surface area contributed by atoms with Gasteiger partial charge in [0, 0.05) is 17.7 Å². The van der Waals surface area contributed by atoms with Crippen LogP contribution < -0.4 is 10.1 Å². The molecule has 0 aliphatic rings. The Bertz CT molecular complexity index is 1200. The topological polar surface area (TPSA) is 79.9 Å². The molecule has 2 N–H and O–H groups in total.